The van der Waals surface area contributed by atoms with E-state index in [1.165, 1.54) is 0 Å². The zero-order valence-electron chi connectivity index (χ0n) is 13.9. The zero-order chi connectivity index (χ0) is 17.1. The summed E-state index contributed by atoms with van der Waals surface area (Å²) in [5.41, 5.74) is 1.74. The van der Waals surface area contributed by atoms with Crippen LogP contribution in [0.4, 0.5) is 5.69 Å². The van der Waals surface area contributed by atoms with E-state index in [2.05, 4.69) is 11.0 Å². The van der Waals surface area contributed by atoms with Gasteiger partial charge >= 0.3 is 0 Å². The Kier molecular flexibility index (Phi) is 4.70. The van der Waals surface area contributed by atoms with Crippen molar-refractivity contribution in [1.82, 2.24) is 9.80 Å². The van der Waals surface area contributed by atoms with Crippen molar-refractivity contribution in [2.75, 3.05) is 44.7 Å². The highest BCUT2D eigenvalue weighted by atomic mass is 16.2. The van der Waals surface area contributed by atoms with Gasteiger partial charge in [0.25, 0.3) is 0 Å². The van der Waals surface area contributed by atoms with Crippen molar-refractivity contribution in [1.29, 1.82) is 5.26 Å². The SMILES string of the molecule is CN1CC(C(=O)N2CCCN(c3ccc(C#N)cc3)CC2)CC1=O. The number of anilines is 1. The van der Waals surface area contributed by atoms with Crippen molar-refractivity contribution < 1.29 is 9.59 Å². The standard InChI is InChI=1S/C18H22N4O2/c1-20-13-15(11-17(20)23)18(24)22-8-2-7-21(9-10-22)16-5-3-14(12-19)4-6-16/h3-6,15H,2,7-11,13H2,1H3. The molecular weight excluding hydrogens is 304 g/mol. The molecule has 0 N–H and O–H groups in total. The maximum Gasteiger partial charge on any atom is 0.228 e. The van der Waals surface area contributed by atoms with Crippen molar-refractivity contribution >= 4 is 17.5 Å². The van der Waals surface area contributed by atoms with Crippen LogP contribution in [-0.4, -0.2) is 61.4 Å². The van der Waals surface area contributed by atoms with Gasteiger partial charge in [-0.1, -0.05) is 0 Å². The molecule has 6 nitrogen and oxygen atoms in total. The Bertz CT molecular complexity index is 665. The van der Waals surface area contributed by atoms with Crippen LogP contribution in [0.2, 0.25) is 0 Å². The Morgan fingerprint density at radius 3 is 2.54 bits per heavy atom. The minimum atomic E-state index is -0.191. The van der Waals surface area contributed by atoms with Gasteiger partial charge in [0.15, 0.2) is 0 Å². The third-order valence-electron chi connectivity index (χ3n) is 4.86. The van der Waals surface area contributed by atoms with Gasteiger partial charge in [0.05, 0.1) is 17.6 Å². The minimum absolute atomic E-state index is 0.0578. The van der Waals surface area contributed by atoms with Crippen molar-refractivity contribution in [3.8, 4) is 6.07 Å². The van der Waals surface area contributed by atoms with E-state index in [1.54, 1.807) is 11.9 Å². The van der Waals surface area contributed by atoms with Crippen LogP contribution < -0.4 is 4.90 Å². The quantitative estimate of drug-likeness (QED) is 0.815. The van der Waals surface area contributed by atoms with Crippen LogP contribution in [0.3, 0.4) is 0 Å². The monoisotopic (exact) mass is 326 g/mol. The Labute approximate surface area is 142 Å². The second kappa shape index (κ2) is 6.91. The number of carbonyl (C=O) groups excluding carboxylic acids is 2. The van der Waals surface area contributed by atoms with Crippen molar-refractivity contribution in [3.63, 3.8) is 0 Å². The fourth-order valence-corrected chi connectivity index (χ4v) is 3.43. The number of carbonyl (C=O) groups is 2. The molecule has 2 saturated heterocycles. The fraction of sp³-hybridized carbons (Fsp3) is 0.500. The van der Waals surface area contributed by atoms with Gasteiger partial charge in [0, 0.05) is 51.9 Å². The molecule has 1 atom stereocenters. The van der Waals surface area contributed by atoms with Crippen LogP contribution in [0.15, 0.2) is 24.3 Å². The van der Waals surface area contributed by atoms with Gasteiger partial charge in [-0.25, -0.2) is 0 Å². The Morgan fingerprint density at radius 1 is 1.17 bits per heavy atom. The second-order valence-corrected chi connectivity index (χ2v) is 6.50. The Balaban J connectivity index is 1.61. The molecule has 0 aliphatic carbocycles. The minimum Gasteiger partial charge on any atom is -0.370 e. The topological polar surface area (TPSA) is 67.7 Å². The third-order valence-corrected chi connectivity index (χ3v) is 4.86. The number of nitrogens with zero attached hydrogens (tertiary/aromatic N) is 4. The van der Waals surface area contributed by atoms with Crippen LogP contribution >= 0.6 is 0 Å². The van der Waals surface area contributed by atoms with E-state index in [0.29, 0.717) is 25.1 Å². The molecule has 2 amide bonds. The highest BCUT2D eigenvalue weighted by Gasteiger charge is 2.35. The Morgan fingerprint density at radius 2 is 1.92 bits per heavy atom. The molecule has 24 heavy (non-hydrogen) atoms. The highest BCUT2D eigenvalue weighted by molar-refractivity contribution is 5.89. The summed E-state index contributed by atoms with van der Waals surface area (Å²) < 4.78 is 0. The van der Waals surface area contributed by atoms with Crippen LogP contribution in [0, 0.1) is 17.2 Å². The average Bonchev–Trinajstić information content (AvgIpc) is 2.80. The van der Waals surface area contributed by atoms with Crippen molar-refractivity contribution in [3.05, 3.63) is 29.8 Å². The number of hydrogen-bond acceptors (Lipinski definition) is 4. The molecule has 0 spiro atoms. The predicted octanol–water partition coefficient (Wildman–Crippen LogP) is 1.08. The van der Waals surface area contributed by atoms with Gasteiger partial charge in [-0.2, -0.15) is 5.26 Å². The maximum atomic E-state index is 12.7. The number of benzene rings is 1. The average molecular weight is 326 g/mol. The molecule has 6 heteroatoms. The first-order valence-corrected chi connectivity index (χ1v) is 8.36. The molecule has 2 heterocycles. The van der Waals surface area contributed by atoms with Crippen molar-refractivity contribution in [2.45, 2.75) is 12.8 Å². The molecule has 1 aromatic rings. The second-order valence-electron chi connectivity index (χ2n) is 6.50. The van der Waals surface area contributed by atoms with Gasteiger partial charge in [-0.15, -0.1) is 0 Å². The lowest BCUT2D eigenvalue weighted by Crippen LogP contribution is -2.39. The molecule has 1 aromatic carbocycles. The fourth-order valence-electron chi connectivity index (χ4n) is 3.43. The molecule has 126 valence electrons. The lowest BCUT2D eigenvalue weighted by Gasteiger charge is -2.25. The molecule has 2 aliphatic heterocycles. The number of rotatable bonds is 2. The predicted molar refractivity (Wildman–Crippen MR) is 90.3 cm³/mol. The van der Waals surface area contributed by atoms with E-state index < -0.39 is 0 Å². The maximum absolute atomic E-state index is 12.7. The number of nitriles is 1. The number of hydrogen-bond donors (Lipinski definition) is 0. The molecule has 2 fully saturated rings. The van der Waals surface area contributed by atoms with E-state index in [1.807, 2.05) is 29.2 Å². The van der Waals surface area contributed by atoms with Gasteiger partial charge in [0.2, 0.25) is 11.8 Å². The molecule has 0 saturated carbocycles. The molecule has 0 aromatic heterocycles. The summed E-state index contributed by atoms with van der Waals surface area (Å²) in [6.07, 6.45) is 1.24. The van der Waals surface area contributed by atoms with Gasteiger partial charge in [-0.3, -0.25) is 9.59 Å². The summed E-state index contributed by atoms with van der Waals surface area (Å²) in [4.78, 5) is 30.1. The van der Waals surface area contributed by atoms with E-state index in [9.17, 15) is 9.59 Å². The lowest BCUT2D eigenvalue weighted by atomic mass is 10.1. The van der Waals surface area contributed by atoms with Crippen LogP contribution in [-0.2, 0) is 9.59 Å². The lowest BCUT2D eigenvalue weighted by molar-refractivity contribution is -0.135. The molecular formula is C18H22N4O2. The molecule has 3 rings (SSSR count). The van der Waals surface area contributed by atoms with Gasteiger partial charge in [0.1, 0.15) is 0 Å². The molecule has 0 radical (unpaired) electrons. The third kappa shape index (κ3) is 3.35. The summed E-state index contributed by atoms with van der Waals surface area (Å²) in [6.45, 7) is 3.61. The van der Waals surface area contributed by atoms with Gasteiger partial charge in [-0.05, 0) is 30.7 Å². The zero-order valence-corrected chi connectivity index (χ0v) is 13.9. The van der Waals surface area contributed by atoms with Crippen LogP contribution in [0.25, 0.3) is 0 Å². The summed E-state index contributed by atoms with van der Waals surface area (Å²) in [5, 5.41) is 8.89. The first-order valence-electron chi connectivity index (χ1n) is 8.36. The van der Waals surface area contributed by atoms with Gasteiger partial charge < -0.3 is 14.7 Å². The Hall–Kier alpha value is -2.55. The molecule has 1 unspecified atom stereocenters. The van der Waals surface area contributed by atoms with E-state index in [0.717, 1.165) is 31.7 Å². The highest BCUT2D eigenvalue weighted by Crippen LogP contribution is 2.21. The summed E-state index contributed by atoms with van der Waals surface area (Å²) in [5.74, 6) is -0.0271. The first-order chi connectivity index (χ1) is 11.6. The van der Waals surface area contributed by atoms with Crippen LogP contribution in [0.1, 0.15) is 18.4 Å². The number of amides is 2. The first kappa shape index (κ1) is 16.3. The normalized spacial score (nSPS) is 21.6. The van der Waals surface area contributed by atoms with E-state index in [4.69, 9.17) is 5.26 Å². The summed E-state index contributed by atoms with van der Waals surface area (Å²) >= 11 is 0. The van der Waals surface area contributed by atoms with Crippen molar-refractivity contribution in [2.24, 2.45) is 5.92 Å². The number of likely N-dealkylation sites (tertiary alicyclic amines) is 1. The molecule has 2 aliphatic rings. The largest absolute Gasteiger partial charge is 0.370 e. The summed E-state index contributed by atoms with van der Waals surface area (Å²) in [7, 11) is 1.75. The van der Waals surface area contributed by atoms with E-state index in [-0.39, 0.29) is 17.7 Å². The summed E-state index contributed by atoms with van der Waals surface area (Å²) in [6, 6.07) is 9.69. The smallest absolute Gasteiger partial charge is 0.228 e. The van der Waals surface area contributed by atoms with Crippen LogP contribution in [0.5, 0.6) is 0 Å². The van der Waals surface area contributed by atoms with E-state index >= 15 is 0 Å². The molecule has 0 bridgehead atoms.